The number of halogens is 1. The molecule has 30 heavy (non-hydrogen) atoms. The molecule has 1 aromatic rings. The number of ether oxygens (including phenoxy) is 3. The van der Waals surface area contributed by atoms with Crippen molar-refractivity contribution >= 4 is 29.2 Å². The lowest BCUT2D eigenvalue weighted by Crippen LogP contribution is -2.47. The van der Waals surface area contributed by atoms with Crippen LogP contribution in [0.4, 0.5) is 5.69 Å². The minimum absolute atomic E-state index is 0.0857. The number of nitrogen functional groups attached to an aromatic ring is 1. The number of hydrogen-bond acceptors (Lipinski definition) is 7. The molecule has 1 aromatic carbocycles. The topological polar surface area (TPSA) is 103 Å². The van der Waals surface area contributed by atoms with Crippen LogP contribution < -0.4 is 15.8 Å². The lowest BCUT2D eigenvalue weighted by atomic mass is 10.1. The van der Waals surface area contributed by atoms with Gasteiger partial charge in [0.2, 0.25) is 0 Å². The lowest BCUT2D eigenvalue weighted by molar-refractivity contribution is -0.143. The SMILES string of the molecule is CCOC(=O)CCCCCN1CCO[C@@H](CNC(=O)c2cc(Cl)c(N)cc2OC)C1. The van der Waals surface area contributed by atoms with Gasteiger partial charge in [0.25, 0.3) is 5.91 Å². The quantitative estimate of drug-likeness (QED) is 0.309. The van der Waals surface area contributed by atoms with Gasteiger partial charge in [0.1, 0.15) is 5.75 Å². The van der Waals surface area contributed by atoms with E-state index in [9.17, 15) is 9.59 Å². The second-order valence-corrected chi connectivity index (χ2v) is 7.60. The van der Waals surface area contributed by atoms with Crippen LogP contribution in [0.2, 0.25) is 5.02 Å². The number of carbonyl (C=O) groups excluding carboxylic acids is 2. The van der Waals surface area contributed by atoms with E-state index in [4.69, 9.17) is 31.5 Å². The molecule has 3 N–H and O–H groups in total. The monoisotopic (exact) mass is 441 g/mol. The maximum atomic E-state index is 12.6. The van der Waals surface area contributed by atoms with Crippen LogP contribution in [0.25, 0.3) is 0 Å². The highest BCUT2D eigenvalue weighted by Gasteiger charge is 2.22. The highest BCUT2D eigenvalue weighted by molar-refractivity contribution is 6.33. The van der Waals surface area contributed by atoms with Gasteiger partial charge in [-0.25, -0.2) is 0 Å². The Bertz CT molecular complexity index is 716. The maximum Gasteiger partial charge on any atom is 0.305 e. The van der Waals surface area contributed by atoms with Gasteiger partial charge in [0.05, 0.1) is 42.7 Å². The zero-order chi connectivity index (χ0) is 21.9. The first kappa shape index (κ1) is 24.2. The third-order valence-corrected chi connectivity index (χ3v) is 5.26. The van der Waals surface area contributed by atoms with Crippen molar-refractivity contribution in [2.75, 3.05) is 52.2 Å². The summed E-state index contributed by atoms with van der Waals surface area (Å²) < 4.78 is 16.0. The number of amides is 1. The van der Waals surface area contributed by atoms with Crippen molar-refractivity contribution in [1.29, 1.82) is 0 Å². The van der Waals surface area contributed by atoms with Gasteiger partial charge in [-0.15, -0.1) is 0 Å². The molecule has 0 spiro atoms. The Kier molecular flexibility index (Phi) is 10.2. The largest absolute Gasteiger partial charge is 0.496 e. The Hall–Kier alpha value is -2.03. The van der Waals surface area contributed by atoms with Crippen LogP contribution in [0, 0.1) is 0 Å². The van der Waals surface area contributed by atoms with Gasteiger partial charge in [0, 0.05) is 32.1 Å². The first-order valence-electron chi connectivity index (χ1n) is 10.3. The molecule has 0 radical (unpaired) electrons. The number of nitrogens with one attached hydrogen (secondary N) is 1. The van der Waals surface area contributed by atoms with Crippen LogP contribution >= 0.6 is 11.6 Å². The van der Waals surface area contributed by atoms with Gasteiger partial charge >= 0.3 is 5.97 Å². The molecule has 0 bridgehead atoms. The van der Waals surface area contributed by atoms with Crippen molar-refractivity contribution < 1.29 is 23.8 Å². The van der Waals surface area contributed by atoms with Crippen LogP contribution in [-0.2, 0) is 14.3 Å². The molecule has 1 atom stereocenters. The molecule has 0 saturated carbocycles. The standard InChI is InChI=1S/C21H32ClN3O5/c1-3-29-20(26)7-5-4-6-8-25-9-10-30-15(14-25)13-24-21(27)16-11-17(22)18(23)12-19(16)28-2/h11-12,15H,3-10,13-14,23H2,1-2H3,(H,24,27)/t15-/m0/s1. The second-order valence-electron chi connectivity index (χ2n) is 7.19. The molecule has 1 amide bonds. The molecule has 168 valence electrons. The molecule has 0 aliphatic carbocycles. The van der Waals surface area contributed by atoms with Crippen molar-refractivity contribution in [1.82, 2.24) is 10.2 Å². The summed E-state index contributed by atoms with van der Waals surface area (Å²) in [5.74, 6) is -0.0319. The number of esters is 1. The molecule has 0 unspecified atom stereocenters. The van der Waals surface area contributed by atoms with Crippen LogP contribution in [0.1, 0.15) is 43.0 Å². The number of methoxy groups -OCH3 is 1. The zero-order valence-corrected chi connectivity index (χ0v) is 18.5. The van der Waals surface area contributed by atoms with E-state index in [1.165, 1.54) is 19.2 Å². The molecule has 1 aliphatic heterocycles. The molecule has 1 aliphatic rings. The third-order valence-electron chi connectivity index (χ3n) is 4.94. The van der Waals surface area contributed by atoms with Gasteiger partial charge in [-0.2, -0.15) is 0 Å². The number of nitrogens with zero attached hydrogens (tertiary/aromatic N) is 1. The number of unbranched alkanes of at least 4 members (excludes halogenated alkanes) is 2. The van der Waals surface area contributed by atoms with E-state index in [0.29, 0.717) is 48.2 Å². The molecule has 1 heterocycles. The zero-order valence-electron chi connectivity index (χ0n) is 17.7. The number of morpholine rings is 1. The van der Waals surface area contributed by atoms with Gasteiger partial charge in [-0.1, -0.05) is 18.0 Å². The van der Waals surface area contributed by atoms with E-state index < -0.39 is 0 Å². The van der Waals surface area contributed by atoms with E-state index in [-0.39, 0.29) is 18.0 Å². The fraction of sp³-hybridized carbons (Fsp3) is 0.619. The van der Waals surface area contributed by atoms with Crippen molar-refractivity contribution in [3.05, 3.63) is 22.7 Å². The average Bonchev–Trinajstić information content (AvgIpc) is 2.74. The fourth-order valence-electron chi connectivity index (χ4n) is 3.34. The molecular weight excluding hydrogens is 410 g/mol. The predicted octanol–water partition coefficient (Wildman–Crippen LogP) is 2.48. The van der Waals surface area contributed by atoms with Gasteiger partial charge in [-0.05, 0) is 32.4 Å². The number of rotatable bonds is 11. The van der Waals surface area contributed by atoms with Crippen molar-refractivity contribution in [3.63, 3.8) is 0 Å². The van der Waals surface area contributed by atoms with E-state index >= 15 is 0 Å². The summed E-state index contributed by atoms with van der Waals surface area (Å²) in [6, 6.07) is 3.05. The fourth-order valence-corrected chi connectivity index (χ4v) is 3.50. The first-order valence-corrected chi connectivity index (χ1v) is 10.7. The Morgan fingerprint density at radius 1 is 1.33 bits per heavy atom. The minimum atomic E-state index is -0.284. The smallest absolute Gasteiger partial charge is 0.305 e. The molecular formula is C21H32ClN3O5. The lowest BCUT2D eigenvalue weighted by Gasteiger charge is -2.33. The van der Waals surface area contributed by atoms with Crippen molar-refractivity contribution in [2.45, 2.75) is 38.7 Å². The summed E-state index contributed by atoms with van der Waals surface area (Å²) in [6.07, 6.45) is 3.23. The van der Waals surface area contributed by atoms with E-state index in [2.05, 4.69) is 10.2 Å². The van der Waals surface area contributed by atoms with E-state index in [1.807, 2.05) is 6.92 Å². The number of anilines is 1. The highest BCUT2D eigenvalue weighted by Crippen LogP contribution is 2.28. The molecule has 8 nitrogen and oxygen atoms in total. The first-order chi connectivity index (χ1) is 14.4. The Balaban J connectivity index is 1.73. The molecule has 9 heteroatoms. The normalized spacial score (nSPS) is 16.8. The Morgan fingerprint density at radius 2 is 2.13 bits per heavy atom. The second kappa shape index (κ2) is 12.6. The van der Waals surface area contributed by atoms with E-state index in [0.717, 1.165) is 38.9 Å². The van der Waals surface area contributed by atoms with Gasteiger partial charge in [0.15, 0.2) is 0 Å². The van der Waals surface area contributed by atoms with Crippen LogP contribution in [0.5, 0.6) is 5.75 Å². The number of carbonyl (C=O) groups is 2. The highest BCUT2D eigenvalue weighted by atomic mass is 35.5. The molecule has 1 saturated heterocycles. The van der Waals surface area contributed by atoms with Gasteiger partial charge in [-0.3, -0.25) is 14.5 Å². The maximum absolute atomic E-state index is 12.6. The summed E-state index contributed by atoms with van der Waals surface area (Å²) in [5.41, 5.74) is 6.47. The summed E-state index contributed by atoms with van der Waals surface area (Å²) in [6.45, 7) is 5.82. The number of nitrogens with two attached hydrogens (primary N) is 1. The minimum Gasteiger partial charge on any atom is -0.496 e. The summed E-state index contributed by atoms with van der Waals surface area (Å²) in [7, 11) is 1.48. The Labute approximate surface area is 183 Å². The van der Waals surface area contributed by atoms with Crippen molar-refractivity contribution in [3.8, 4) is 5.75 Å². The number of benzene rings is 1. The average molecular weight is 442 g/mol. The summed E-state index contributed by atoms with van der Waals surface area (Å²) in [4.78, 5) is 26.2. The van der Waals surface area contributed by atoms with Gasteiger partial charge < -0.3 is 25.3 Å². The summed E-state index contributed by atoms with van der Waals surface area (Å²) in [5, 5.41) is 3.20. The number of hydrogen-bond donors (Lipinski definition) is 2. The van der Waals surface area contributed by atoms with Crippen LogP contribution in [0.15, 0.2) is 12.1 Å². The van der Waals surface area contributed by atoms with Crippen LogP contribution in [-0.4, -0.2) is 69.4 Å². The predicted molar refractivity (Wildman–Crippen MR) is 116 cm³/mol. The molecule has 1 fully saturated rings. The molecule has 2 rings (SSSR count). The van der Waals surface area contributed by atoms with E-state index in [1.54, 1.807) is 0 Å². The Morgan fingerprint density at radius 3 is 2.87 bits per heavy atom. The van der Waals surface area contributed by atoms with Crippen molar-refractivity contribution in [2.24, 2.45) is 0 Å². The third kappa shape index (κ3) is 7.66. The molecule has 0 aromatic heterocycles. The summed E-state index contributed by atoms with van der Waals surface area (Å²) >= 11 is 6.04. The van der Waals surface area contributed by atoms with Crippen LogP contribution in [0.3, 0.4) is 0 Å².